The van der Waals surface area contributed by atoms with Crippen molar-refractivity contribution in [1.82, 2.24) is 0 Å². The molecule has 1 aromatic rings. The molecule has 1 aromatic carbocycles. The molecule has 0 aliphatic carbocycles. The van der Waals surface area contributed by atoms with Crippen LogP contribution in [0.2, 0.25) is 0 Å². The van der Waals surface area contributed by atoms with Crippen molar-refractivity contribution in [2.45, 2.75) is 6.92 Å². The Morgan fingerprint density at radius 2 is 1.92 bits per heavy atom. The largest absolute Gasteiger partial charge is 0.384 e. The van der Waals surface area contributed by atoms with Crippen LogP contribution >= 0.6 is 0 Å². The molecule has 1 rings (SSSR count). The number of aliphatic imine (C=N–C) groups is 1. The first-order chi connectivity index (χ1) is 5.70. The van der Waals surface area contributed by atoms with Gasteiger partial charge in [-0.1, -0.05) is 36.9 Å². The van der Waals surface area contributed by atoms with Crippen molar-refractivity contribution in [3.63, 3.8) is 0 Å². The summed E-state index contributed by atoms with van der Waals surface area (Å²) in [7, 11) is 0. The van der Waals surface area contributed by atoms with E-state index in [9.17, 15) is 0 Å². The van der Waals surface area contributed by atoms with E-state index in [2.05, 4.69) is 11.6 Å². The topological polar surface area (TPSA) is 38.4 Å². The number of nitrogens with two attached hydrogens (primary N) is 1. The molecular weight excluding hydrogens is 148 g/mol. The van der Waals surface area contributed by atoms with E-state index in [0.29, 0.717) is 5.82 Å². The summed E-state index contributed by atoms with van der Waals surface area (Å²) in [6, 6.07) is 9.87. The van der Waals surface area contributed by atoms with Gasteiger partial charge in [0, 0.05) is 5.71 Å². The van der Waals surface area contributed by atoms with E-state index in [0.717, 1.165) is 11.3 Å². The molecule has 0 aromatic heterocycles. The monoisotopic (exact) mass is 160 g/mol. The average molecular weight is 160 g/mol. The highest BCUT2D eigenvalue weighted by molar-refractivity contribution is 5.99. The molecule has 0 spiro atoms. The van der Waals surface area contributed by atoms with Gasteiger partial charge in [0.2, 0.25) is 0 Å². The maximum atomic E-state index is 5.35. The molecule has 0 aliphatic heterocycles. The van der Waals surface area contributed by atoms with E-state index < -0.39 is 0 Å². The summed E-state index contributed by atoms with van der Waals surface area (Å²) in [5.74, 6) is 0.344. The van der Waals surface area contributed by atoms with Gasteiger partial charge in [-0.15, -0.1) is 0 Å². The van der Waals surface area contributed by atoms with Gasteiger partial charge in [0.25, 0.3) is 0 Å². The minimum absolute atomic E-state index is 0.344. The summed E-state index contributed by atoms with van der Waals surface area (Å²) >= 11 is 0. The molecule has 62 valence electrons. The molecule has 0 unspecified atom stereocenters. The standard InChI is InChI=1S/C10H12N2/c1-8(12-9(2)11)10-6-4-3-5-7-10/h3-7H,2,11H2,1H3/b12-8+. The van der Waals surface area contributed by atoms with Gasteiger partial charge in [-0.25, -0.2) is 4.99 Å². The van der Waals surface area contributed by atoms with Gasteiger partial charge in [-0.05, 0) is 12.5 Å². The van der Waals surface area contributed by atoms with Crippen molar-refractivity contribution in [3.8, 4) is 0 Å². The number of hydrogen-bond acceptors (Lipinski definition) is 2. The van der Waals surface area contributed by atoms with Gasteiger partial charge < -0.3 is 5.73 Å². The third-order valence-corrected chi connectivity index (χ3v) is 1.50. The van der Waals surface area contributed by atoms with Gasteiger partial charge in [0.1, 0.15) is 5.82 Å². The molecule has 0 bridgehead atoms. The van der Waals surface area contributed by atoms with Crippen molar-refractivity contribution < 1.29 is 0 Å². The summed E-state index contributed by atoms with van der Waals surface area (Å²) in [6.45, 7) is 5.42. The van der Waals surface area contributed by atoms with Crippen LogP contribution in [0.1, 0.15) is 12.5 Å². The second-order valence-electron chi connectivity index (χ2n) is 2.55. The Morgan fingerprint density at radius 3 is 2.42 bits per heavy atom. The van der Waals surface area contributed by atoms with E-state index >= 15 is 0 Å². The SMILES string of the molecule is C=C(N)/N=C(\C)c1ccccc1. The van der Waals surface area contributed by atoms with E-state index in [1.807, 2.05) is 37.3 Å². The van der Waals surface area contributed by atoms with Crippen LogP contribution in [0.4, 0.5) is 0 Å². The first kappa shape index (κ1) is 8.53. The molecule has 0 saturated carbocycles. The molecule has 2 heteroatoms. The first-order valence-corrected chi connectivity index (χ1v) is 3.75. The Kier molecular flexibility index (Phi) is 2.64. The molecule has 0 amide bonds. The van der Waals surface area contributed by atoms with Gasteiger partial charge in [0.15, 0.2) is 0 Å². The number of nitrogens with zero attached hydrogens (tertiary/aromatic N) is 1. The Labute approximate surface area is 72.4 Å². The van der Waals surface area contributed by atoms with Crippen LogP contribution < -0.4 is 5.73 Å². The molecule has 0 atom stereocenters. The molecule has 0 aliphatic rings. The molecule has 2 nitrogen and oxygen atoms in total. The van der Waals surface area contributed by atoms with Crippen LogP contribution in [0.25, 0.3) is 0 Å². The zero-order chi connectivity index (χ0) is 8.97. The van der Waals surface area contributed by atoms with Crippen LogP contribution in [0.5, 0.6) is 0 Å². The number of rotatable bonds is 2. The van der Waals surface area contributed by atoms with E-state index in [-0.39, 0.29) is 0 Å². The van der Waals surface area contributed by atoms with E-state index in [1.54, 1.807) is 0 Å². The molecule has 2 N–H and O–H groups in total. The van der Waals surface area contributed by atoms with Crippen LogP contribution in [0, 0.1) is 0 Å². The van der Waals surface area contributed by atoms with Gasteiger partial charge >= 0.3 is 0 Å². The van der Waals surface area contributed by atoms with Gasteiger partial charge in [-0.2, -0.15) is 0 Å². The molecule has 0 heterocycles. The second kappa shape index (κ2) is 3.72. The molecule has 12 heavy (non-hydrogen) atoms. The minimum atomic E-state index is 0.344. The smallest absolute Gasteiger partial charge is 0.116 e. The zero-order valence-electron chi connectivity index (χ0n) is 7.12. The van der Waals surface area contributed by atoms with Crippen LogP contribution in [-0.4, -0.2) is 5.71 Å². The first-order valence-electron chi connectivity index (χ1n) is 3.75. The Morgan fingerprint density at radius 1 is 1.33 bits per heavy atom. The third kappa shape index (κ3) is 2.23. The van der Waals surface area contributed by atoms with Crippen LogP contribution in [0.15, 0.2) is 47.7 Å². The Balaban J connectivity index is 2.93. The van der Waals surface area contributed by atoms with Crippen molar-refractivity contribution in [2.24, 2.45) is 10.7 Å². The van der Waals surface area contributed by atoms with Crippen molar-refractivity contribution in [1.29, 1.82) is 0 Å². The predicted molar refractivity (Wildman–Crippen MR) is 52.0 cm³/mol. The highest BCUT2D eigenvalue weighted by atomic mass is 14.9. The normalized spacial score (nSPS) is 11.2. The fraction of sp³-hybridized carbons (Fsp3) is 0.100. The third-order valence-electron chi connectivity index (χ3n) is 1.50. The van der Waals surface area contributed by atoms with Gasteiger partial charge in [-0.3, -0.25) is 0 Å². The Hall–Kier alpha value is -1.57. The molecular formula is C10H12N2. The molecule has 0 radical (unpaired) electrons. The maximum Gasteiger partial charge on any atom is 0.116 e. The predicted octanol–water partition coefficient (Wildman–Crippen LogP) is 1.93. The summed E-state index contributed by atoms with van der Waals surface area (Å²) in [4.78, 5) is 4.05. The number of hydrogen-bond donors (Lipinski definition) is 1. The lowest BCUT2D eigenvalue weighted by Crippen LogP contribution is -1.98. The van der Waals surface area contributed by atoms with E-state index in [1.165, 1.54) is 0 Å². The van der Waals surface area contributed by atoms with E-state index in [4.69, 9.17) is 5.73 Å². The fourth-order valence-electron chi connectivity index (χ4n) is 0.959. The summed E-state index contributed by atoms with van der Waals surface area (Å²) in [6.07, 6.45) is 0. The summed E-state index contributed by atoms with van der Waals surface area (Å²) in [5, 5.41) is 0. The molecule has 0 saturated heterocycles. The van der Waals surface area contributed by atoms with Crippen molar-refractivity contribution >= 4 is 5.71 Å². The fourth-order valence-corrected chi connectivity index (χ4v) is 0.959. The summed E-state index contributed by atoms with van der Waals surface area (Å²) < 4.78 is 0. The maximum absolute atomic E-state index is 5.35. The van der Waals surface area contributed by atoms with Crippen molar-refractivity contribution in [2.75, 3.05) is 0 Å². The average Bonchev–Trinajstić information content (AvgIpc) is 2.05. The molecule has 0 fully saturated rings. The highest BCUT2D eigenvalue weighted by Crippen LogP contribution is 2.01. The quantitative estimate of drug-likeness (QED) is 0.659. The Bertz CT molecular complexity index is 299. The second-order valence-corrected chi connectivity index (χ2v) is 2.55. The number of benzene rings is 1. The minimum Gasteiger partial charge on any atom is -0.384 e. The lowest BCUT2D eigenvalue weighted by molar-refractivity contribution is 1.25. The van der Waals surface area contributed by atoms with Gasteiger partial charge in [0.05, 0.1) is 0 Å². The lowest BCUT2D eigenvalue weighted by atomic mass is 10.1. The highest BCUT2D eigenvalue weighted by Gasteiger charge is 1.93. The summed E-state index contributed by atoms with van der Waals surface area (Å²) in [5.41, 5.74) is 7.31. The van der Waals surface area contributed by atoms with Crippen molar-refractivity contribution in [3.05, 3.63) is 48.3 Å². The zero-order valence-corrected chi connectivity index (χ0v) is 7.12. The van der Waals surface area contributed by atoms with Crippen LogP contribution in [0.3, 0.4) is 0 Å². The lowest BCUT2D eigenvalue weighted by Gasteiger charge is -1.98. The van der Waals surface area contributed by atoms with Crippen LogP contribution in [-0.2, 0) is 0 Å².